The van der Waals surface area contributed by atoms with Gasteiger partial charge < -0.3 is 23.8 Å². The van der Waals surface area contributed by atoms with Crippen LogP contribution in [-0.4, -0.2) is 51.5 Å². The summed E-state index contributed by atoms with van der Waals surface area (Å²) in [4.78, 5) is 37.5. The maximum atomic E-state index is 12.6. The molecule has 0 unspecified atom stereocenters. The molecule has 3 rings (SSSR count). The Kier molecular flexibility index (Phi) is 7.67. The van der Waals surface area contributed by atoms with E-state index in [-0.39, 0.29) is 36.0 Å². The van der Waals surface area contributed by atoms with Crippen LogP contribution >= 0.6 is 15.9 Å². The number of ether oxygens (including phenoxy) is 4. The molecule has 0 N–H and O–H groups in total. The van der Waals surface area contributed by atoms with E-state index in [2.05, 4.69) is 15.9 Å². The van der Waals surface area contributed by atoms with Gasteiger partial charge in [-0.2, -0.15) is 0 Å². The third-order valence-electron chi connectivity index (χ3n) is 4.97. The van der Waals surface area contributed by atoms with Crippen LogP contribution in [0.2, 0.25) is 0 Å². The Bertz CT molecular complexity index is 1110. The largest absolute Gasteiger partial charge is 0.497 e. The number of benzene rings is 2. The van der Waals surface area contributed by atoms with Crippen LogP contribution in [0, 0.1) is 10.1 Å². The standard InChI is InChI=1S/C22H21BrN2O8/c1-30-15-6-4-13(5-7-15)8-14-9-17(23)20(18(10-14)25(28)29)24-12-33-11-16(21(26)31-2)19(24)22(27)32-3/h4-7,9-10H,8,11-12H2,1-3H3. The van der Waals surface area contributed by atoms with Gasteiger partial charge in [0.25, 0.3) is 5.69 Å². The van der Waals surface area contributed by atoms with Crippen LogP contribution in [0.1, 0.15) is 11.1 Å². The molecule has 0 radical (unpaired) electrons. The van der Waals surface area contributed by atoms with E-state index in [1.807, 2.05) is 12.1 Å². The number of methoxy groups -OCH3 is 3. The SMILES string of the molecule is COC(=O)C1=C(C(=O)OC)N(c2c(Br)cc(Cc3ccc(OC)cc3)cc2[N+](=O)[O-])COC1. The first-order chi connectivity index (χ1) is 15.8. The lowest BCUT2D eigenvalue weighted by Crippen LogP contribution is -2.39. The average molecular weight is 521 g/mol. The van der Waals surface area contributed by atoms with Crippen molar-refractivity contribution in [3.63, 3.8) is 0 Å². The molecule has 2 aromatic rings. The lowest BCUT2D eigenvalue weighted by Gasteiger charge is -2.31. The van der Waals surface area contributed by atoms with Gasteiger partial charge in [-0.1, -0.05) is 12.1 Å². The number of hydrogen-bond donors (Lipinski definition) is 0. The number of hydrogen-bond acceptors (Lipinski definition) is 9. The summed E-state index contributed by atoms with van der Waals surface area (Å²) in [6.07, 6.45) is 0.424. The smallest absolute Gasteiger partial charge is 0.355 e. The molecule has 10 nitrogen and oxygen atoms in total. The lowest BCUT2D eigenvalue weighted by atomic mass is 10.0. The predicted molar refractivity (Wildman–Crippen MR) is 121 cm³/mol. The maximum absolute atomic E-state index is 12.6. The molecule has 2 aromatic carbocycles. The van der Waals surface area contributed by atoms with Crippen LogP contribution < -0.4 is 9.64 Å². The van der Waals surface area contributed by atoms with Crippen molar-refractivity contribution in [2.24, 2.45) is 0 Å². The Morgan fingerprint density at radius 2 is 1.76 bits per heavy atom. The third-order valence-corrected chi connectivity index (χ3v) is 5.57. The van der Waals surface area contributed by atoms with Gasteiger partial charge in [-0.15, -0.1) is 0 Å². The van der Waals surface area contributed by atoms with E-state index in [0.29, 0.717) is 22.2 Å². The highest BCUT2D eigenvalue weighted by atomic mass is 79.9. The number of halogens is 1. The third kappa shape index (κ3) is 5.15. The van der Waals surface area contributed by atoms with Crippen LogP contribution in [0.5, 0.6) is 5.75 Å². The van der Waals surface area contributed by atoms with Gasteiger partial charge >= 0.3 is 11.9 Å². The minimum absolute atomic E-state index is 0.0555. The van der Waals surface area contributed by atoms with Crippen LogP contribution in [-0.2, 0) is 30.2 Å². The summed E-state index contributed by atoms with van der Waals surface area (Å²) in [6.45, 7) is -0.406. The van der Waals surface area contributed by atoms with Crippen LogP contribution in [0.4, 0.5) is 11.4 Å². The van der Waals surface area contributed by atoms with Crippen molar-refractivity contribution in [3.8, 4) is 5.75 Å². The van der Waals surface area contributed by atoms with Gasteiger partial charge in [-0.25, -0.2) is 9.59 Å². The van der Waals surface area contributed by atoms with Gasteiger partial charge in [-0.05, 0) is 51.7 Å². The second-order valence-corrected chi connectivity index (χ2v) is 7.80. The normalized spacial score (nSPS) is 13.5. The molecule has 1 aliphatic rings. The fourth-order valence-corrected chi connectivity index (χ4v) is 4.16. The molecule has 1 aliphatic heterocycles. The van der Waals surface area contributed by atoms with E-state index in [4.69, 9.17) is 18.9 Å². The molecule has 0 aliphatic carbocycles. The number of carbonyl (C=O) groups is 2. The summed E-state index contributed by atoms with van der Waals surface area (Å²) in [6, 6.07) is 10.5. The summed E-state index contributed by atoms with van der Waals surface area (Å²) >= 11 is 3.40. The minimum atomic E-state index is -0.845. The summed E-state index contributed by atoms with van der Waals surface area (Å²) < 4.78 is 20.5. The average Bonchev–Trinajstić information content (AvgIpc) is 2.82. The van der Waals surface area contributed by atoms with E-state index in [0.717, 1.165) is 19.8 Å². The zero-order chi connectivity index (χ0) is 24.1. The number of esters is 2. The molecule has 0 saturated heterocycles. The number of nitro groups is 1. The first-order valence-corrected chi connectivity index (χ1v) is 10.4. The van der Waals surface area contributed by atoms with E-state index in [1.165, 1.54) is 11.0 Å². The van der Waals surface area contributed by atoms with Crippen LogP contribution in [0.25, 0.3) is 0 Å². The quantitative estimate of drug-likeness (QED) is 0.307. The molecule has 0 spiro atoms. The molecule has 0 aromatic heterocycles. The van der Waals surface area contributed by atoms with Crippen molar-refractivity contribution in [2.45, 2.75) is 6.42 Å². The monoisotopic (exact) mass is 520 g/mol. The lowest BCUT2D eigenvalue weighted by molar-refractivity contribution is -0.384. The molecular formula is C22H21BrN2O8. The zero-order valence-electron chi connectivity index (χ0n) is 18.1. The van der Waals surface area contributed by atoms with Gasteiger partial charge in [-0.3, -0.25) is 10.1 Å². The molecule has 0 bridgehead atoms. The Morgan fingerprint density at radius 1 is 1.09 bits per heavy atom. The molecule has 0 amide bonds. The van der Waals surface area contributed by atoms with Gasteiger partial charge in [0, 0.05) is 10.5 Å². The van der Waals surface area contributed by atoms with E-state index in [1.54, 1.807) is 25.3 Å². The van der Waals surface area contributed by atoms with Crippen molar-refractivity contribution in [1.82, 2.24) is 0 Å². The summed E-state index contributed by atoms with van der Waals surface area (Å²) in [5, 5.41) is 12.0. The van der Waals surface area contributed by atoms with Gasteiger partial charge in [0.2, 0.25) is 0 Å². The molecule has 1 heterocycles. The predicted octanol–water partition coefficient (Wildman–Crippen LogP) is 3.35. The number of nitro benzene ring substituents is 1. The number of rotatable bonds is 7. The van der Waals surface area contributed by atoms with E-state index >= 15 is 0 Å². The van der Waals surface area contributed by atoms with Gasteiger partial charge in [0.05, 0.1) is 38.4 Å². The topological polar surface area (TPSA) is 117 Å². The number of nitrogens with zero attached hydrogens (tertiary/aromatic N) is 2. The van der Waals surface area contributed by atoms with Crippen molar-refractivity contribution in [3.05, 3.63) is 73.4 Å². The minimum Gasteiger partial charge on any atom is -0.497 e. The maximum Gasteiger partial charge on any atom is 0.355 e. The fraction of sp³-hybridized carbons (Fsp3) is 0.273. The van der Waals surface area contributed by atoms with Crippen molar-refractivity contribution < 1.29 is 33.5 Å². The van der Waals surface area contributed by atoms with E-state index < -0.39 is 16.9 Å². The second-order valence-electron chi connectivity index (χ2n) is 6.94. The molecule has 0 saturated carbocycles. The molecule has 11 heteroatoms. The second kappa shape index (κ2) is 10.5. The Labute approximate surface area is 198 Å². The molecule has 0 fully saturated rings. The van der Waals surface area contributed by atoms with Crippen LogP contribution in [0.3, 0.4) is 0 Å². The molecule has 174 valence electrons. The fourth-order valence-electron chi connectivity index (χ4n) is 3.45. The highest BCUT2D eigenvalue weighted by Gasteiger charge is 2.36. The van der Waals surface area contributed by atoms with Crippen molar-refractivity contribution in [2.75, 3.05) is 39.6 Å². The first kappa shape index (κ1) is 24.2. The van der Waals surface area contributed by atoms with Crippen molar-refractivity contribution in [1.29, 1.82) is 0 Å². The van der Waals surface area contributed by atoms with Gasteiger partial charge in [0.15, 0.2) is 0 Å². The van der Waals surface area contributed by atoms with Crippen molar-refractivity contribution >= 4 is 39.2 Å². The number of carbonyl (C=O) groups excluding carboxylic acids is 2. The van der Waals surface area contributed by atoms with E-state index in [9.17, 15) is 19.7 Å². The van der Waals surface area contributed by atoms with Crippen LogP contribution in [0.15, 0.2) is 52.1 Å². The first-order valence-electron chi connectivity index (χ1n) is 9.65. The van der Waals surface area contributed by atoms with Gasteiger partial charge in [0.1, 0.15) is 23.9 Å². The summed E-state index contributed by atoms with van der Waals surface area (Å²) in [7, 11) is 3.88. The Morgan fingerprint density at radius 3 is 2.33 bits per heavy atom. The highest BCUT2D eigenvalue weighted by Crippen LogP contribution is 2.41. The number of anilines is 1. The summed E-state index contributed by atoms with van der Waals surface area (Å²) in [5.74, 6) is -0.938. The molecule has 33 heavy (non-hydrogen) atoms. The molecule has 0 atom stereocenters. The highest BCUT2D eigenvalue weighted by molar-refractivity contribution is 9.10. The summed E-state index contributed by atoms with van der Waals surface area (Å²) in [5.41, 5.74) is 1.09. The zero-order valence-corrected chi connectivity index (χ0v) is 19.7. The molecular weight excluding hydrogens is 500 g/mol. The Hall–Kier alpha value is -3.44. The Balaban J connectivity index is 2.10.